The van der Waals surface area contributed by atoms with Crippen molar-refractivity contribution in [3.05, 3.63) is 0 Å². The third kappa shape index (κ3) is 4.26. The molecule has 100 valence electrons. The van der Waals surface area contributed by atoms with Crippen molar-refractivity contribution >= 4 is 5.91 Å². The lowest BCUT2D eigenvalue weighted by Crippen LogP contribution is -2.51. The monoisotopic (exact) mass is 242 g/mol. The summed E-state index contributed by atoms with van der Waals surface area (Å²) in [5, 5.41) is 0. The highest BCUT2D eigenvalue weighted by molar-refractivity contribution is 5.83. The van der Waals surface area contributed by atoms with Crippen LogP contribution in [0.3, 0.4) is 0 Å². The van der Waals surface area contributed by atoms with Crippen LogP contribution in [0.25, 0.3) is 0 Å². The highest BCUT2D eigenvalue weighted by Crippen LogP contribution is 2.16. The SMILES string of the molecule is CN(CCC(C)(N)C(N)=O)CC1CCCN1C. The molecular formula is C12H26N4O. The summed E-state index contributed by atoms with van der Waals surface area (Å²) in [5.41, 5.74) is 10.2. The molecule has 2 atom stereocenters. The maximum Gasteiger partial charge on any atom is 0.237 e. The van der Waals surface area contributed by atoms with Gasteiger partial charge in [-0.25, -0.2) is 0 Å². The van der Waals surface area contributed by atoms with Crippen LogP contribution in [0.4, 0.5) is 0 Å². The second-order valence-corrected chi connectivity index (χ2v) is 5.57. The number of primary amides is 1. The molecule has 1 fully saturated rings. The number of carbonyl (C=O) groups excluding carboxylic acids is 1. The average molecular weight is 242 g/mol. The van der Waals surface area contributed by atoms with Gasteiger partial charge in [0.05, 0.1) is 5.54 Å². The van der Waals surface area contributed by atoms with Crippen LogP contribution >= 0.6 is 0 Å². The second kappa shape index (κ2) is 5.80. The molecule has 17 heavy (non-hydrogen) atoms. The van der Waals surface area contributed by atoms with Crippen molar-refractivity contribution in [2.45, 2.75) is 37.8 Å². The van der Waals surface area contributed by atoms with Gasteiger partial charge >= 0.3 is 0 Å². The summed E-state index contributed by atoms with van der Waals surface area (Å²) >= 11 is 0. The van der Waals surface area contributed by atoms with Crippen molar-refractivity contribution in [3.63, 3.8) is 0 Å². The lowest BCUT2D eigenvalue weighted by Gasteiger charge is -2.28. The zero-order chi connectivity index (χ0) is 13.1. The van der Waals surface area contributed by atoms with E-state index in [-0.39, 0.29) is 0 Å². The number of carbonyl (C=O) groups is 1. The van der Waals surface area contributed by atoms with Crippen LogP contribution in [0.5, 0.6) is 0 Å². The fourth-order valence-electron chi connectivity index (χ4n) is 2.21. The van der Waals surface area contributed by atoms with Gasteiger partial charge in [0, 0.05) is 19.1 Å². The minimum absolute atomic E-state index is 0.427. The summed E-state index contributed by atoms with van der Waals surface area (Å²) in [7, 11) is 4.24. The van der Waals surface area contributed by atoms with E-state index < -0.39 is 11.4 Å². The number of nitrogens with zero attached hydrogens (tertiary/aromatic N) is 2. The summed E-state index contributed by atoms with van der Waals surface area (Å²) < 4.78 is 0. The van der Waals surface area contributed by atoms with Crippen LogP contribution in [0.2, 0.25) is 0 Å². The highest BCUT2D eigenvalue weighted by atomic mass is 16.1. The molecule has 5 nitrogen and oxygen atoms in total. The zero-order valence-corrected chi connectivity index (χ0v) is 11.3. The molecule has 1 aliphatic rings. The zero-order valence-electron chi connectivity index (χ0n) is 11.3. The van der Waals surface area contributed by atoms with Crippen molar-refractivity contribution in [3.8, 4) is 0 Å². The normalized spacial score (nSPS) is 25.1. The van der Waals surface area contributed by atoms with Crippen LogP contribution in [0.1, 0.15) is 26.2 Å². The quantitative estimate of drug-likeness (QED) is 0.665. The molecule has 0 radical (unpaired) electrons. The maximum atomic E-state index is 11.1. The molecule has 1 heterocycles. The second-order valence-electron chi connectivity index (χ2n) is 5.57. The highest BCUT2D eigenvalue weighted by Gasteiger charge is 2.27. The van der Waals surface area contributed by atoms with E-state index in [2.05, 4.69) is 23.9 Å². The molecule has 0 aromatic heterocycles. The number of rotatable bonds is 6. The molecule has 0 spiro atoms. The lowest BCUT2D eigenvalue weighted by atomic mass is 9.98. The molecule has 2 unspecified atom stereocenters. The Kier molecular flexibility index (Phi) is 4.91. The van der Waals surface area contributed by atoms with E-state index in [4.69, 9.17) is 11.5 Å². The van der Waals surface area contributed by atoms with E-state index in [0.29, 0.717) is 12.5 Å². The van der Waals surface area contributed by atoms with Gasteiger partial charge in [-0.3, -0.25) is 4.79 Å². The lowest BCUT2D eigenvalue weighted by molar-refractivity contribution is -0.122. The molecule has 1 rings (SSSR count). The van der Waals surface area contributed by atoms with Gasteiger partial charge in [-0.2, -0.15) is 0 Å². The van der Waals surface area contributed by atoms with Crippen LogP contribution in [-0.4, -0.2) is 61.0 Å². The van der Waals surface area contributed by atoms with E-state index in [0.717, 1.165) is 13.1 Å². The number of nitrogens with two attached hydrogens (primary N) is 2. The summed E-state index contributed by atoms with van der Waals surface area (Å²) in [5.74, 6) is -0.427. The Morgan fingerprint density at radius 2 is 2.24 bits per heavy atom. The summed E-state index contributed by atoms with van der Waals surface area (Å²) in [6.45, 7) is 4.73. The number of likely N-dealkylation sites (N-methyl/N-ethyl adjacent to an activating group) is 2. The average Bonchev–Trinajstić information content (AvgIpc) is 2.61. The van der Waals surface area contributed by atoms with Crippen molar-refractivity contribution in [1.82, 2.24) is 9.80 Å². The smallest absolute Gasteiger partial charge is 0.237 e. The Balaban J connectivity index is 2.30. The summed E-state index contributed by atoms with van der Waals surface area (Å²) in [6, 6.07) is 0.637. The van der Waals surface area contributed by atoms with Crippen LogP contribution in [0, 0.1) is 0 Å². The molecule has 0 aliphatic carbocycles. The molecule has 1 amide bonds. The van der Waals surface area contributed by atoms with Crippen LogP contribution in [-0.2, 0) is 4.79 Å². The number of hydrogen-bond acceptors (Lipinski definition) is 4. The third-order valence-corrected chi connectivity index (χ3v) is 3.77. The van der Waals surface area contributed by atoms with E-state index in [9.17, 15) is 4.79 Å². The van der Waals surface area contributed by atoms with Gasteiger partial charge in [0.1, 0.15) is 0 Å². The molecular weight excluding hydrogens is 216 g/mol. The van der Waals surface area contributed by atoms with Gasteiger partial charge in [-0.15, -0.1) is 0 Å². The fourth-order valence-corrected chi connectivity index (χ4v) is 2.21. The molecule has 0 aromatic rings. The van der Waals surface area contributed by atoms with Crippen molar-refractivity contribution in [1.29, 1.82) is 0 Å². The maximum absolute atomic E-state index is 11.1. The van der Waals surface area contributed by atoms with Gasteiger partial charge in [-0.05, 0) is 46.8 Å². The molecule has 4 N–H and O–H groups in total. The molecule has 0 aromatic carbocycles. The molecule has 1 aliphatic heterocycles. The standard InChI is InChI=1S/C12H26N4O/c1-12(14,11(13)17)6-8-15(2)9-10-5-4-7-16(10)3/h10H,4-9,14H2,1-3H3,(H2,13,17). The first-order valence-electron chi connectivity index (χ1n) is 6.30. The largest absolute Gasteiger partial charge is 0.368 e. The topological polar surface area (TPSA) is 75.6 Å². The van der Waals surface area contributed by atoms with Gasteiger partial charge in [0.15, 0.2) is 0 Å². The molecule has 0 bridgehead atoms. The van der Waals surface area contributed by atoms with E-state index in [1.807, 2.05) is 0 Å². The molecule has 1 saturated heterocycles. The minimum Gasteiger partial charge on any atom is -0.368 e. The van der Waals surface area contributed by atoms with Gasteiger partial charge in [0.25, 0.3) is 0 Å². The molecule has 5 heteroatoms. The van der Waals surface area contributed by atoms with Gasteiger partial charge in [-0.1, -0.05) is 0 Å². The first-order valence-corrected chi connectivity index (χ1v) is 6.30. The Morgan fingerprint density at radius 1 is 1.59 bits per heavy atom. The van der Waals surface area contributed by atoms with Crippen LogP contribution < -0.4 is 11.5 Å². The van der Waals surface area contributed by atoms with E-state index in [1.165, 1.54) is 19.4 Å². The van der Waals surface area contributed by atoms with Crippen molar-refractivity contribution < 1.29 is 4.79 Å². The molecule has 0 saturated carbocycles. The number of hydrogen-bond donors (Lipinski definition) is 2. The van der Waals surface area contributed by atoms with E-state index >= 15 is 0 Å². The summed E-state index contributed by atoms with van der Waals surface area (Å²) in [4.78, 5) is 15.7. The predicted octanol–water partition coefficient (Wildman–Crippen LogP) is -0.395. The van der Waals surface area contributed by atoms with E-state index in [1.54, 1.807) is 6.92 Å². The first kappa shape index (κ1) is 14.4. The number of amides is 1. The Bertz CT molecular complexity index is 267. The Hall–Kier alpha value is -0.650. The summed E-state index contributed by atoms with van der Waals surface area (Å²) in [6.07, 6.45) is 3.15. The number of likely N-dealkylation sites (tertiary alicyclic amines) is 1. The van der Waals surface area contributed by atoms with Gasteiger partial charge in [0.2, 0.25) is 5.91 Å². The third-order valence-electron chi connectivity index (χ3n) is 3.77. The Morgan fingerprint density at radius 3 is 2.71 bits per heavy atom. The van der Waals surface area contributed by atoms with Crippen LogP contribution in [0.15, 0.2) is 0 Å². The van der Waals surface area contributed by atoms with Crippen molar-refractivity contribution in [2.24, 2.45) is 11.5 Å². The minimum atomic E-state index is -0.893. The first-order chi connectivity index (χ1) is 7.83. The van der Waals surface area contributed by atoms with Gasteiger partial charge < -0.3 is 21.3 Å². The van der Waals surface area contributed by atoms with Crippen molar-refractivity contribution in [2.75, 3.05) is 33.7 Å². The fraction of sp³-hybridized carbons (Fsp3) is 0.917. The Labute approximate surface area is 104 Å². The predicted molar refractivity (Wildman–Crippen MR) is 69.6 cm³/mol.